The van der Waals surface area contributed by atoms with Gasteiger partial charge in [-0.25, -0.2) is 4.79 Å². The second-order valence-corrected chi connectivity index (χ2v) is 8.76. The predicted molar refractivity (Wildman–Crippen MR) is 103 cm³/mol. The monoisotopic (exact) mass is 454 g/mol. The summed E-state index contributed by atoms with van der Waals surface area (Å²) in [7, 11) is 0. The van der Waals surface area contributed by atoms with Gasteiger partial charge in [0.25, 0.3) is 0 Å². The van der Waals surface area contributed by atoms with E-state index in [1.54, 1.807) is 20.8 Å². The van der Waals surface area contributed by atoms with Crippen LogP contribution in [0.4, 0.5) is 31.1 Å². The maximum atomic E-state index is 13.2. The summed E-state index contributed by atoms with van der Waals surface area (Å²) in [5.41, 5.74) is -3.92. The van der Waals surface area contributed by atoms with Crippen molar-refractivity contribution in [3.63, 3.8) is 0 Å². The first-order chi connectivity index (χ1) is 14.1. The molecule has 2 atom stereocenters. The summed E-state index contributed by atoms with van der Waals surface area (Å²) >= 11 is 0. The highest BCUT2D eigenvalue weighted by Gasteiger charge is 2.38. The molecule has 0 radical (unpaired) electrons. The highest BCUT2D eigenvalue weighted by Crippen LogP contribution is 2.37. The van der Waals surface area contributed by atoms with Crippen molar-refractivity contribution in [1.29, 1.82) is 0 Å². The van der Waals surface area contributed by atoms with Crippen LogP contribution in [0.1, 0.15) is 63.6 Å². The number of rotatable bonds is 4. The molecule has 1 heterocycles. The van der Waals surface area contributed by atoms with E-state index in [2.05, 4.69) is 5.32 Å². The Morgan fingerprint density at radius 3 is 2.06 bits per heavy atom. The third kappa shape index (κ3) is 7.29. The van der Waals surface area contributed by atoms with E-state index in [1.165, 1.54) is 4.90 Å². The quantitative estimate of drug-likeness (QED) is 0.568. The number of ether oxygens (including phenoxy) is 1. The number of halogens is 6. The van der Waals surface area contributed by atoms with Gasteiger partial charge in [-0.05, 0) is 70.3 Å². The van der Waals surface area contributed by atoms with Gasteiger partial charge >= 0.3 is 18.4 Å². The molecule has 0 aliphatic carbocycles. The van der Waals surface area contributed by atoms with E-state index in [0.717, 1.165) is 6.42 Å². The van der Waals surface area contributed by atoms with Crippen molar-refractivity contribution in [3.05, 3.63) is 34.9 Å². The molecule has 176 valence electrons. The van der Waals surface area contributed by atoms with Crippen molar-refractivity contribution in [2.45, 2.75) is 83.5 Å². The van der Waals surface area contributed by atoms with Crippen LogP contribution in [-0.4, -0.2) is 35.2 Å². The van der Waals surface area contributed by atoms with Gasteiger partial charge < -0.3 is 15.0 Å². The molecule has 1 fully saturated rings. The summed E-state index contributed by atoms with van der Waals surface area (Å²) in [5.74, 6) is 0. The van der Waals surface area contributed by atoms with Crippen molar-refractivity contribution < 1.29 is 35.9 Å². The van der Waals surface area contributed by atoms with Gasteiger partial charge in [0.2, 0.25) is 0 Å². The normalized spacial score (nSPS) is 20.5. The average molecular weight is 454 g/mol. The lowest BCUT2D eigenvalue weighted by molar-refractivity contribution is -0.143. The van der Waals surface area contributed by atoms with Gasteiger partial charge in [-0.3, -0.25) is 0 Å². The SMILES string of the molecule is CCC1CC(N(Cc2cc(C(F)(F)F)cc(C(F)(F)F)c2)C(=O)OC(C)(C)C)CCN1. The third-order valence-electron chi connectivity index (χ3n) is 5.03. The van der Waals surface area contributed by atoms with Crippen molar-refractivity contribution >= 4 is 6.09 Å². The van der Waals surface area contributed by atoms with E-state index >= 15 is 0 Å². The van der Waals surface area contributed by atoms with Crippen LogP contribution in [0, 0.1) is 0 Å². The summed E-state index contributed by atoms with van der Waals surface area (Å²) < 4.78 is 84.8. The molecule has 1 aliphatic rings. The molecule has 1 aliphatic heterocycles. The highest BCUT2D eigenvalue weighted by atomic mass is 19.4. The number of nitrogens with one attached hydrogen (secondary N) is 1. The number of benzene rings is 1. The van der Waals surface area contributed by atoms with Crippen molar-refractivity contribution in [2.75, 3.05) is 6.54 Å². The lowest BCUT2D eigenvalue weighted by Gasteiger charge is -2.38. The number of hydrogen-bond donors (Lipinski definition) is 1. The molecule has 1 saturated heterocycles. The van der Waals surface area contributed by atoms with Crippen molar-refractivity contribution in [1.82, 2.24) is 10.2 Å². The third-order valence-corrected chi connectivity index (χ3v) is 5.03. The Kier molecular flexibility index (Phi) is 7.55. The minimum atomic E-state index is -4.95. The Morgan fingerprint density at radius 2 is 1.61 bits per heavy atom. The average Bonchev–Trinajstić information content (AvgIpc) is 2.63. The smallest absolute Gasteiger partial charge is 0.416 e. The largest absolute Gasteiger partial charge is 0.444 e. The van der Waals surface area contributed by atoms with Gasteiger partial charge in [0, 0.05) is 18.6 Å². The van der Waals surface area contributed by atoms with E-state index in [4.69, 9.17) is 4.74 Å². The lowest BCUT2D eigenvalue weighted by Crippen LogP contribution is -2.50. The fraction of sp³-hybridized carbons (Fsp3) is 0.667. The number of nitrogens with zero attached hydrogens (tertiary/aromatic N) is 1. The number of hydrogen-bond acceptors (Lipinski definition) is 3. The van der Waals surface area contributed by atoms with Crippen LogP contribution in [0.15, 0.2) is 18.2 Å². The van der Waals surface area contributed by atoms with Gasteiger partial charge in [0.05, 0.1) is 11.1 Å². The van der Waals surface area contributed by atoms with E-state index in [9.17, 15) is 31.1 Å². The molecule has 1 aromatic rings. The number of carbonyl (C=O) groups excluding carboxylic acids is 1. The van der Waals surface area contributed by atoms with Crippen molar-refractivity contribution in [3.8, 4) is 0 Å². The molecule has 2 unspecified atom stereocenters. The summed E-state index contributed by atoms with van der Waals surface area (Å²) in [5, 5.41) is 3.29. The second-order valence-electron chi connectivity index (χ2n) is 8.76. The number of amides is 1. The van der Waals surface area contributed by atoms with Crippen LogP contribution < -0.4 is 5.32 Å². The summed E-state index contributed by atoms with van der Waals surface area (Å²) in [6.45, 7) is 7.06. The Bertz CT molecular complexity index is 738. The van der Waals surface area contributed by atoms with Crippen LogP contribution in [0.2, 0.25) is 0 Å². The molecular formula is C21H28F6N2O2. The zero-order chi connectivity index (χ0) is 23.6. The molecule has 0 saturated carbocycles. The number of alkyl halides is 6. The molecule has 1 N–H and O–H groups in total. The van der Waals surface area contributed by atoms with E-state index < -0.39 is 41.7 Å². The minimum Gasteiger partial charge on any atom is -0.444 e. The Labute approximate surface area is 177 Å². The Morgan fingerprint density at radius 1 is 1.06 bits per heavy atom. The fourth-order valence-corrected chi connectivity index (χ4v) is 3.55. The van der Waals surface area contributed by atoms with Gasteiger partial charge in [-0.2, -0.15) is 26.3 Å². The second kappa shape index (κ2) is 9.26. The highest BCUT2D eigenvalue weighted by molar-refractivity contribution is 5.68. The molecule has 2 rings (SSSR count). The van der Waals surface area contributed by atoms with Crippen LogP contribution >= 0.6 is 0 Å². The van der Waals surface area contributed by atoms with Crippen LogP contribution in [0.3, 0.4) is 0 Å². The van der Waals surface area contributed by atoms with E-state index in [-0.39, 0.29) is 23.7 Å². The molecule has 1 aromatic carbocycles. The first kappa shape index (κ1) is 25.3. The molecule has 4 nitrogen and oxygen atoms in total. The zero-order valence-electron chi connectivity index (χ0n) is 18.0. The summed E-state index contributed by atoms with van der Waals surface area (Å²) in [4.78, 5) is 14.1. The van der Waals surface area contributed by atoms with Gasteiger partial charge in [0.1, 0.15) is 5.60 Å². The lowest BCUT2D eigenvalue weighted by atomic mass is 9.95. The van der Waals surface area contributed by atoms with Crippen molar-refractivity contribution in [2.24, 2.45) is 0 Å². The first-order valence-corrected chi connectivity index (χ1v) is 10.1. The summed E-state index contributed by atoms with van der Waals surface area (Å²) in [6.07, 6.45) is -8.84. The number of piperidine rings is 1. The maximum Gasteiger partial charge on any atom is 0.416 e. The Balaban J connectivity index is 2.44. The minimum absolute atomic E-state index is 0.0823. The van der Waals surface area contributed by atoms with Gasteiger partial charge in [0.15, 0.2) is 0 Å². The molecule has 1 amide bonds. The van der Waals surface area contributed by atoms with Crippen LogP contribution in [-0.2, 0) is 23.6 Å². The van der Waals surface area contributed by atoms with Gasteiger partial charge in [-0.1, -0.05) is 6.92 Å². The van der Waals surface area contributed by atoms with E-state index in [0.29, 0.717) is 31.5 Å². The first-order valence-electron chi connectivity index (χ1n) is 10.1. The zero-order valence-corrected chi connectivity index (χ0v) is 18.0. The molecule has 0 spiro atoms. The molecule has 31 heavy (non-hydrogen) atoms. The topological polar surface area (TPSA) is 41.6 Å². The summed E-state index contributed by atoms with van der Waals surface area (Å²) in [6, 6.07) is 1.12. The van der Waals surface area contributed by atoms with E-state index in [1.807, 2.05) is 6.92 Å². The molecule has 10 heteroatoms. The maximum absolute atomic E-state index is 13.2. The van der Waals surface area contributed by atoms with Crippen LogP contribution in [0.25, 0.3) is 0 Å². The number of carbonyl (C=O) groups is 1. The predicted octanol–water partition coefficient (Wildman–Crippen LogP) is 5.99. The molecule has 0 bridgehead atoms. The molecule has 0 aromatic heterocycles. The van der Waals surface area contributed by atoms with Crippen LogP contribution in [0.5, 0.6) is 0 Å². The fourth-order valence-electron chi connectivity index (χ4n) is 3.55. The standard InChI is InChI=1S/C21H28F6N2O2/c1-5-16-11-17(6-7-28-16)29(18(30)31-19(2,3)4)12-13-8-14(20(22,23)24)10-15(9-13)21(25,26)27/h8-10,16-17,28H,5-7,11-12H2,1-4H3. The molecular weight excluding hydrogens is 426 g/mol. The Hall–Kier alpha value is -1.97. The van der Waals surface area contributed by atoms with Gasteiger partial charge in [-0.15, -0.1) is 0 Å².